The van der Waals surface area contributed by atoms with E-state index in [0.29, 0.717) is 0 Å². The third kappa shape index (κ3) is 1.89. The van der Waals surface area contributed by atoms with Crippen LogP contribution in [0, 0.1) is 0 Å². The van der Waals surface area contributed by atoms with E-state index < -0.39 is 0 Å². The Morgan fingerprint density at radius 1 is 0.810 bits per heavy atom. The molecule has 3 nitrogen and oxygen atoms in total. The number of hydrogen-bond donors (Lipinski definition) is 2. The minimum atomic E-state index is 0.00153. The summed E-state index contributed by atoms with van der Waals surface area (Å²) in [6, 6.07) is 20.8. The lowest BCUT2D eigenvalue weighted by Gasteiger charge is -2.30. The Morgan fingerprint density at radius 2 is 1.48 bits per heavy atom. The molecule has 104 valence electrons. The lowest BCUT2D eigenvalue weighted by Crippen LogP contribution is -2.24. The second-order valence-electron chi connectivity index (χ2n) is 5.17. The molecule has 0 saturated heterocycles. The van der Waals surface area contributed by atoms with E-state index >= 15 is 0 Å². The van der Waals surface area contributed by atoms with Crippen LogP contribution < -0.4 is 15.4 Å². The van der Waals surface area contributed by atoms with Gasteiger partial charge in [0.05, 0.1) is 7.11 Å². The number of nitrogens with one attached hydrogen (secondary N) is 2. The van der Waals surface area contributed by atoms with Crippen LogP contribution in [0.25, 0.3) is 10.8 Å². The summed E-state index contributed by atoms with van der Waals surface area (Å²) in [4.78, 5) is 0. The normalized spacial score (nSPS) is 13.6. The van der Waals surface area contributed by atoms with Crippen molar-refractivity contribution in [3.8, 4) is 5.75 Å². The molecule has 21 heavy (non-hydrogen) atoms. The molecule has 2 N–H and O–H groups in total. The van der Waals surface area contributed by atoms with Crippen molar-refractivity contribution in [2.45, 2.75) is 6.17 Å². The summed E-state index contributed by atoms with van der Waals surface area (Å²) < 4.78 is 5.48. The molecule has 0 amide bonds. The number of ether oxygens (including phenoxy) is 1. The highest BCUT2D eigenvalue weighted by atomic mass is 16.5. The van der Waals surface area contributed by atoms with Crippen LogP contribution in [-0.4, -0.2) is 7.11 Å². The first-order chi connectivity index (χ1) is 10.4. The Hall–Kier alpha value is -2.68. The molecule has 1 aliphatic heterocycles. The van der Waals surface area contributed by atoms with Crippen LogP contribution in [-0.2, 0) is 0 Å². The van der Waals surface area contributed by atoms with Crippen molar-refractivity contribution in [3.63, 3.8) is 0 Å². The molecule has 0 saturated carbocycles. The van der Waals surface area contributed by atoms with E-state index in [9.17, 15) is 0 Å². The summed E-state index contributed by atoms with van der Waals surface area (Å²) in [7, 11) is 1.70. The van der Waals surface area contributed by atoms with E-state index in [4.69, 9.17) is 4.74 Å². The zero-order valence-electron chi connectivity index (χ0n) is 11.8. The summed E-state index contributed by atoms with van der Waals surface area (Å²) in [5.41, 5.74) is 3.40. The molecule has 0 bridgehead atoms. The minimum absolute atomic E-state index is 0.00153. The highest BCUT2D eigenvalue weighted by Gasteiger charge is 2.22. The van der Waals surface area contributed by atoms with Gasteiger partial charge in [-0.05, 0) is 23.6 Å². The second-order valence-corrected chi connectivity index (χ2v) is 5.17. The van der Waals surface area contributed by atoms with Gasteiger partial charge in [-0.25, -0.2) is 0 Å². The first-order valence-corrected chi connectivity index (χ1v) is 7.04. The number of para-hydroxylation sites is 1. The lowest BCUT2D eigenvalue weighted by molar-refractivity contribution is 0.408. The van der Waals surface area contributed by atoms with Crippen molar-refractivity contribution in [3.05, 3.63) is 66.2 Å². The molecule has 4 rings (SSSR count). The molecule has 0 spiro atoms. The molecule has 3 aromatic carbocycles. The van der Waals surface area contributed by atoms with E-state index in [0.717, 1.165) is 22.7 Å². The highest BCUT2D eigenvalue weighted by Crippen LogP contribution is 2.39. The molecule has 1 aliphatic rings. The molecule has 3 heteroatoms. The summed E-state index contributed by atoms with van der Waals surface area (Å²) in [5, 5.41) is 9.60. The summed E-state index contributed by atoms with van der Waals surface area (Å²) in [6.07, 6.45) is 0.00153. The van der Waals surface area contributed by atoms with Crippen LogP contribution in [0.15, 0.2) is 60.7 Å². The van der Waals surface area contributed by atoms with Crippen molar-refractivity contribution in [2.75, 3.05) is 17.7 Å². The number of anilines is 2. The Balaban J connectivity index is 1.83. The smallest absolute Gasteiger partial charge is 0.127 e. The van der Waals surface area contributed by atoms with Crippen LogP contribution in [0.5, 0.6) is 5.75 Å². The predicted molar refractivity (Wildman–Crippen MR) is 86.9 cm³/mol. The van der Waals surface area contributed by atoms with Gasteiger partial charge < -0.3 is 15.4 Å². The molecule has 1 heterocycles. The fraction of sp³-hybridized carbons (Fsp3) is 0.111. The Bertz CT molecular complexity index is 772. The lowest BCUT2D eigenvalue weighted by atomic mass is 10.0. The van der Waals surface area contributed by atoms with Gasteiger partial charge in [0.25, 0.3) is 0 Å². The molecule has 0 aromatic heterocycles. The highest BCUT2D eigenvalue weighted by molar-refractivity contribution is 6.04. The second kappa shape index (κ2) is 4.70. The van der Waals surface area contributed by atoms with Crippen molar-refractivity contribution in [1.29, 1.82) is 0 Å². The molecule has 0 aliphatic carbocycles. The fourth-order valence-corrected chi connectivity index (χ4v) is 2.99. The third-order valence-corrected chi connectivity index (χ3v) is 3.95. The van der Waals surface area contributed by atoms with Gasteiger partial charge in [0.1, 0.15) is 11.9 Å². The van der Waals surface area contributed by atoms with Crippen molar-refractivity contribution < 1.29 is 4.74 Å². The molecule has 0 fully saturated rings. The number of hydrogen-bond acceptors (Lipinski definition) is 3. The monoisotopic (exact) mass is 276 g/mol. The summed E-state index contributed by atoms with van der Waals surface area (Å²) in [5.74, 6) is 0.883. The third-order valence-electron chi connectivity index (χ3n) is 3.95. The number of rotatable bonds is 2. The van der Waals surface area contributed by atoms with Crippen LogP contribution >= 0.6 is 0 Å². The predicted octanol–water partition coefficient (Wildman–Crippen LogP) is 4.38. The van der Waals surface area contributed by atoms with Crippen LogP contribution in [0.2, 0.25) is 0 Å². The van der Waals surface area contributed by atoms with E-state index in [1.54, 1.807) is 7.11 Å². The minimum Gasteiger partial charge on any atom is -0.496 e. The van der Waals surface area contributed by atoms with E-state index in [1.165, 1.54) is 10.8 Å². The van der Waals surface area contributed by atoms with Crippen molar-refractivity contribution in [2.24, 2.45) is 0 Å². The maximum atomic E-state index is 5.48. The Morgan fingerprint density at radius 3 is 2.14 bits per heavy atom. The van der Waals surface area contributed by atoms with E-state index in [1.807, 2.05) is 18.2 Å². The largest absolute Gasteiger partial charge is 0.496 e. The van der Waals surface area contributed by atoms with Gasteiger partial charge in [-0.3, -0.25) is 0 Å². The fourth-order valence-electron chi connectivity index (χ4n) is 2.99. The Labute approximate surface area is 123 Å². The van der Waals surface area contributed by atoms with Crippen molar-refractivity contribution >= 4 is 22.1 Å². The number of benzene rings is 3. The van der Waals surface area contributed by atoms with Crippen LogP contribution in [0.1, 0.15) is 11.7 Å². The maximum Gasteiger partial charge on any atom is 0.127 e. The maximum absolute atomic E-state index is 5.48. The SMILES string of the molecule is COc1ccccc1C1Nc2cccc3cccc(c23)N1. The molecule has 0 radical (unpaired) electrons. The van der Waals surface area contributed by atoms with Gasteiger partial charge >= 0.3 is 0 Å². The van der Waals surface area contributed by atoms with Crippen molar-refractivity contribution in [1.82, 2.24) is 0 Å². The van der Waals surface area contributed by atoms with Gasteiger partial charge in [0.15, 0.2) is 0 Å². The van der Waals surface area contributed by atoms with Gasteiger partial charge in [0.2, 0.25) is 0 Å². The molecule has 3 aromatic rings. The van der Waals surface area contributed by atoms with Gasteiger partial charge in [0, 0.05) is 22.3 Å². The van der Waals surface area contributed by atoms with Gasteiger partial charge in [-0.2, -0.15) is 0 Å². The number of methoxy groups -OCH3 is 1. The standard InChI is InChI=1S/C18H16N2O/c1-21-16-11-3-2-8-13(16)18-19-14-9-4-6-12-7-5-10-15(20-18)17(12)14/h2-11,18-20H,1H3. The molecular weight excluding hydrogens is 260 g/mol. The Kier molecular flexibility index (Phi) is 2.71. The topological polar surface area (TPSA) is 33.3 Å². The van der Waals surface area contributed by atoms with E-state index in [2.05, 4.69) is 53.1 Å². The quantitative estimate of drug-likeness (QED) is 0.728. The summed E-state index contributed by atoms with van der Waals surface area (Å²) >= 11 is 0. The first-order valence-electron chi connectivity index (χ1n) is 7.04. The zero-order chi connectivity index (χ0) is 14.2. The molecule has 0 unspecified atom stereocenters. The first kappa shape index (κ1) is 12.1. The van der Waals surface area contributed by atoms with E-state index in [-0.39, 0.29) is 6.17 Å². The average Bonchev–Trinajstić information content (AvgIpc) is 2.55. The van der Waals surface area contributed by atoms with Crippen LogP contribution in [0.4, 0.5) is 11.4 Å². The van der Waals surface area contributed by atoms with Gasteiger partial charge in [-0.1, -0.05) is 42.5 Å². The van der Waals surface area contributed by atoms with Gasteiger partial charge in [-0.15, -0.1) is 0 Å². The van der Waals surface area contributed by atoms with Crippen LogP contribution in [0.3, 0.4) is 0 Å². The summed E-state index contributed by atoms with van der Waals surface area (Å²) in [6.45, 7) is 0. The molecular formula is C18H16N2O. The molecule has 0 atom stereocenters. The zero-order valence-corrected chi connectivity index (χ0v) is 11.8. The average molecular weight is 276 g/mol.